The van der Waals surface area contributed by atoms with Crippen molar-refractivity contribution in [3.8, 4) is 0 Å². The molecule has 23 heavy (non-hydrogen) atoms. The number of amides is 1. The van der Waals surface area contributed by atoms with Gasteiger partial charge in [-0.05, 0) is 12.1 Å². The summed E-state index contributed by atoms with van der Waals surface area (Å²) >= 11 is 0. The Morgan fingerprint density at radius 2 is 2.09 bits per heavy atom. The Kier molecular flexibility index (Phi) is 4.47. The Balaban J connectivity index is 1.60. The van der Waals surface area contributed by atoms with Gasteiger partial charge in [0.05, 0.1) is 5.52 Å². The average molecular weight is 306 g/mol. The van der Waals surface area contributed by atoms with E-state index in [0.29, 0.717) is 13.0 Å². The van der Waals surface area contributed by atoms with E-state index < -0.39 is 0 Å². The van der Waals surface area contributed by atoms with Crippen molar-refractivity contribution in [3.05, 3.63) is 66.4 Å². The number of rotatable bonds is 5. The van der Waals surface area contributed by atoms with Crippen LogP contribution in [0.25, 0.3) is 17.0 Å². The first-order chi connectivity index (χ1) is 11.2. The zero-order valence-corrected chi connectivity index (χ0v) is 12.9. The number of pyridine rings is 1. The van der Waals surface area contributed by atoms with E-state index in [1.54, 1.807) is 24.5 Å². The summed E-state index contributed by atoms with van der Waals surface area (Å²) in [7, 11) is 1.94. The summed E-state index contributed by atoms with van der Waals surface area (Å²) in [5.74, 6) is 0.833. The molecule has 0 unspecified atom stereocenters. The first-order valence-corrected chi connectivity index (χ1v) is 7.50. The lowest BCUT2D eigenvalue weighted by atomic mass is 10.1. The summed E-state index contributed by atoms with van der Waals surface area (Å²) in [6, 6.07) is 9.83. The van der Waals surface area contributed by atoms with Gasteiger partial charge >= 0.3 is 0 Å². The summed E-state index contributed by atoms with van der Waals surface area (Å²) in [6.07, 6.45) is 9.45. The molecule has 3 rings (SSSR count). The minimum Gasteiger partial charge on any atom is -0.352 e. The van der Waals surface area contributed by atoms with Crippen molar-refractivity contribution in [1.29, 1.82) is 0 Å². The lowest BCUT2D eigenvalue weighted by Crippen LogP contribution is -2.24. The number of para-hydroxylation sites is 1. The van der Waals surface area contributed by atoms with E-state index in [-0.39, 0.29) is 5.91 Å². The number of aromatic nitrogens is 3. The van der Waals surface area contributed by atoms with Crippen molar-refractivity contribution in [2.24, 2.45) is 7.05 Å². The van der Waals surface area contributed by atoms with Gasteiger partial charge in [0.1, 0.15) is 5.82 Å². The molecule has 0 saturated carbocycles. The van der Waals surface area contributed by atoms with Crippen LogP contribution in [0.3, 0.4) is 0 Å². The molecule has 0 atom stereocenters. The Morgan fingerprint density at radius 3 is 2.91 bits per heavy atom. The van der Waals surface area contributed by atoms with Crippen LogP contribution >= 0.6 is 0 Å². The van der Waals surface area contributed by atoms with E-state index in [0.717, 1.165) is 22.3 Å². The monoisotopic (exact) mass is 306 g/mol. The van der Waals surface area contributed by atoms with Gasteiger partial charge < -0.3 is 9.88 Å². The molecule has 0 fully saturated rings. The van der Waals surface area contributed by atoms with Crippen LogP contribution in [-0.2, 0) is 18.3 Å². The minimum absolute atomic E-state index is 0.118. The number of carbonyl (C=O) groups is 1. The largest absolute Gasteiger partial charge is 0.352 e. The second kappa shape index (κ2) is 6.87. The Bertz CT molecular complexity index is 846. The molecule has 3 aromatic rings. The van der Waals surface area contributed by atoms with Gasteiger partial charge in [0.15, 0.2) is 0 Å². The molecule has 2 heterocycles. The Hall–Kier alpha value is -2.95. The van der Waals surface area contributed by atoms with Crippen LogP contribution < -0.4 is 5.32 Å². The molecule has 0 aliphatic rings. The Labute approximate surface area is 134 Å². The van der Waals surface area contributed by atoms with Gasteiger partial charge in [-0.3, -0.25) is 9.78 Å². The van der Waals surface area contributed by atoms with Crippen molar-refractivity contribution < 1.29 is 4.79 Å². The first kappa shape index (κ1) is 15.0. The molecule has 0 saturated heterocycles. The lowest BCUT2D eigenvalue weighted by Gasteiger charge is -2.03. The topological polar surface area (TPSA) is 59.8 Å². The van der Waals surface area contributed by atoms with E-state index in [4.69, 9.17) is 0 Å². The number of nitrogens with one attached hydrogen (secondary N) is 1. The number of nitrogens with zero attached hydrogens (tertiary/aromatic N) is 3. The van der Waals surface area contributed by atoms with Crippen molar-refractivity contribution in [2.45, 2.75) is 6.42 Å². The second-order valence-electron chi connectivity index (χ2n) is 5.25. The van der Waals surface area contributed by atoms with Crippen LogP contribution in [-0.4, -0.2) is 27.0 Å². The summed E-state index contributed by atoms with van der Waals surface area (Å²) in [5.41, 5.74) is 1.83. The second-order valence-corrected chi connectivity index (χ2v) is 5.25. The molecule has 116 valence electrons. The summed E-state index contributed by atoms with van der Waals surface area (Å²) < 4.78 is 1.95. The molecule has 1 amide bonds. The van der Waals surface area contributed by atoms with E-state index in [1.165, 1.54) is 0 Å². The highest BCUT2D eigenvalue weighted by Gasteiger charge is 2.02. The fourth-order valence-electron chi connectivity index (χ4n) is 2.42. The standard InChI is InChI=1S/C18H18N4O/c1-22-13-12-19-16(22)9-11-20-17(23)8-7-15-5-2-4-14-6-3-10-21-18(14)15/h2-8,10,12-13H,9,11H2,1H3,(H,20,23)/b8-7-. The van der Waals surface area contributed by atoms with Crippen molar-refractivity contribution >= 4 is 22.9 Å². The molecular weight excluding hydrogens is 288 g/mol. The third kappa shape index (κ3) is 3.63. The number of carbonyl (C=O) groups excluding carboxylic acids is 1. The zero-order chi connectivity index (χ0) is 16.1. The molecule has 1 aromatic carbocycles. The van der Waals surface area contributed by atoms with Crippen molar-refractivity contribution in [1.82, 2.24) is 19.9 Å². The molecule has 0 aliphatic heterocycles. The number of aryl methyl sites for hydroxylation is 1. The summed E-state index contributed by atoms with van der Waals surface area (Å²) in [4.78, 5) is 20.5. The quantitative estimate of drug-likeness (QED) is 0.736. The van der Waals surface area contributed by atoms with Crippen LogP contribution in [0.2, 0.25) is 0 Å². The number of fused-ring (bicyclic) bond motifs is 1. The minimum atomic E-state index is -0.118. The lowest BCUT2D eigenvalue weighted by molar-refractivity contribution is -0.116. The van der Waals surface area contributed by atoms with Gasteiger partial charge in [-0.1, -0.05) is 24.3 Å². The average Bonchev–Trinajstić information content (AvgIpc) is 2.98. The number of benzene rings is 1. The highest BCUT2D eigenvalue weighted by molar-refractivity contribution is 5.95. The molecule has 0 aliphatic carbocycles. The van der Waals surface area contributed by atoms with Gasteiger partial charge in [-0.25, -0.2) is 4.98 Å². The number of hydrogen-bond acceptors (Lipinski definition) is 3. The van der Waals surface area contributed by atoms with E-state index >= 15 is 0 Å². The van der Waals surface area contributed by atoms with Crippen LogP contribution in [0.15, 0.2) is 55.0 Å². The maximum Gasteiger partial charge on any atom is 0.244 e. The molecule has 5 heteroatoms. The highest BCUT2D eigenvalue weighted by Crippen LogP contribution is 2.16. The smallest absolute Gasteiger partial charge is 0.244 e. The third-order valence-electron chi connectivity index (χ3n) is 3.65. The van der Waals surface area contributed by atoms with Gasteiger partial charge in [0, 0.05) is 55.6 Å². The van der Waals surface area contributed by atoms with Crippen molar-refractivity contribution in [3.63, 3.8) is 0 Å². The van der Waals surface area contributed by atoms with Crippen LogP contribution in [0, 0.1) is 0 Å². The SMILES string of the molecule is Cn1ccnc1CCNC(=O)/C=C\c1cccc2cccnc12. The van der Waals surface area contributed by atoms with Crippen LogP contribution in [0.1, 0.15) is 11.4 Å². The fourth-order valence-corrected chi connectivity index (χ4v) is 2.42. The van der Waals surface area contributed by atoms with Gasteiger partial charge in [0.25, 0.3) is 0 Å². The molecule has 0 spiro atoms. The zero-order valence-electron chi connectivity index (χ0n) is 12.9. The summed E-state index contributed by atoms with van der Waals surface area (Å²) in [5, 5.41) is 3.93. The summed E-state index contributed by atoms with van der Waals surface area (Å²) in [6.45, 7) is 0.557. The van der Waals surface area contributed by atoms with Gasteiger partial charge in [-0.15, -0.1) is 0 Å². The normalized spacial score (nSPS) is 11.2. The maximum atomic E-state index is 11.9. The predicted molar refractivity (Wildman–Crippen MR) is 90.7 cm³/mol. The highest BCUT2D eigenvalue weighted by atomic mass is 16.1. The maximum absolute atomic E-state index is 11.9. The molecule has 1 N–H and O–H groups in total. The van der Waals surface area contributed by atoms with Crippen molar-refractivity contribution in [2.75, 3.05) is 6.54 Å². The van der Waals surface area contributed by atoms with E-state index in [9.17, 15) is 4.79 Å². The predicted octanol–water partition coefficient (Wildman–Crippen LogP) is 2.34. The molecule has 5 nitrogen and oxygen atoms in total. The van der Waals surface area contributed by atoms with Gasteiger partial charge in [-0.2, -0.15) is 0 Å². The third-order valence-corrected chi connectivity index (χ3v) is 3.65. The molecule has 0 bridgehead atoms. The number of imidazole rings is 1. The fraction of sp³-hybridized carbons (Fsp3) is 0.167. The molecule has 0 radical (unpaired) electrons. The van der Waals surface area contributed by atoms with Crippen LogP contribution in [0.4, 0.5) is 0 Å². The van der Waals surface area contributed by atoms with E-state index in [1.807, 2.05) is 48.1 Å². The Morgan fingerprint density at radius 1 is 1.22 bits per heavy atom. The molecule has 2 aromatic heterocycles. The van der Waals surface area contributed by atoms with E-state index in [2.05, 4.69) is 15.3 Å². The van der Waals surface area contributed by atoms with Crippen LogP contribution in [0.5, 0.6) is 0 Å². The van der Waals surface area contributed by atoms with Gasteiger partial charge in [0.2, 0.25) is 5.91 Å². The molecular formula is C18H18N4O. The first-order valence-electron chi connectivity index (χ1n) is 7.50. The number of hydrogen-bond donors (Lipinski definition) is 1.